The first-order valence-electron chi connectivity index (χ1n) is 4.35. The Morgan fingerprint density at radius 2 is 1.92 bits per heavy atom. The molecule has 0 fully saturated rings. The van der Waals surface area contributed by atoms with Crippen molar-refractivity contribution in [2.24, 2.45) is 0 Å². The summed E-state index contributed by atoms with van der Waals surface area (Å²) in [6.07, 6.45) is 3.94. The molecule has 0 radical (unpaired) electrons. The number of hydrogen-bond acceptors (Lipinski definition) is 2. The summed E-state index contributed by atoms with van der Waals surface area (Å²) >= 11 is 0. The second-order valence-electron chi connectivity index (χ2n) is 2.88. The molecule has 1 aromatic carbocycles. The van der Waals surface area contributed by atoms with E-state index in [1.165, 1.54) is 0 Å². The van der Waals surface area contributed by atoms with Crippen LogP contribution in [0, 0.1) is 0 Å². The molecule has 0 aliphatic rings. The fourth-order valence-corrected chi connectivity index (χ4v) is 1.25. The highest BCUT2D eigenvalue weighted by Gasteiger charge is 1.98. The minimum atomic E-state index is 0.563. The fourth-order valence-electron chi connectivity index (χ4n) is 1.25. The maximum absolute atomic E-state index is 10.6. The van der Waals surface area contributed by atoms with Crippen LogP contribution in [0.4, 0.5) is 0 Å². The second kappa shape index (κ2) is 5.25. The van der Waals surface area contributed by atoms with Gasteiger partial charge in [-0.15, -0.1) is 0 Å². The summed E-state index contributed by atoms with van der Waals surface area (Å²) in [5, 5.41) is 0. The summed E-state index contributed by atoms with van der Waals surface area (Å²) in [7, 11) is 0. The monoisotopic (exact) mass is 176 g/mol. The van der Waals surface area contributed by atoms with Crippen molar-refractivity contribution in [3.63, 3.8) is 0 Å². The number of aryl methyl sites for hydroxylation is 1. The Labute approximate surface area is 77.6 Å². The van der Waals surface area contributed by atoms with Crippen LogP contribution in [0.25, 0.3) is 0 Å². The van der Waals surface area contributed by atoms with E-state index in [0.717, 1.165) is 36.5 Å². The van der Waals surface area contributed by atoms with Crippen LogP contribution in [0.5, 0.6) is 0 Å². The minimum Gasteiger partial charge on any atom is -0.303 e. The number of rotatable bonds is 5. The molecule has 13 heavy (non-hydrogen) atoms. The van der Waals surface area contributed by atoms with Gasteiger partial charge in [-0.2, -0.15) is 0 Å². The molecule has 0 bridgehead atoms. The molecular weight excluding hydrogens is 164 g/mol. The van der Waals surface area contributed by atoms with Crippen LogP contribution in [0.2, 0.25) is 0 Å². The SMILES string of the molecule is O=CCCCc1ccccc1C=O. The van der Waals surface area contributed by atoms with Crippen molar-refractivity contribution in [1.29, 1.82) is 0 Å². The van der Waals surface area contributed by atoms with Crippen LogP contribution in [-0.4, -0.2) is 12.6 Å². The highest BCUT2D eigenvalue weighted by molar-refractivity contribution is 5.77. The van der Waals surface area contributed by atoms with Crippen LogP contribution >= 0.6 is 0 Å². The standard InChI is InChI=1S/C11H12O2/c12-8-4-3-6-10-5-1-2-7-11(10)9-13/h1-2,5,7-9H,3-4,6H2. The first-order chi connectivity index (χ1) is 6.38. The van der Waals surface area contributed by atoms with E-state index in [0.29, 0.717) is 6.42 Å². The molecule has 0 atom stereocenters. The van der Waals surface area contributed by atoms with Gasteiger partial charge in [0.2, 0.25) is 0 Å². The quantitative estimate of drug-likeness (QED) is 0.508. The third-order valence-electron chi connectivity index (χ3n) is 1.95. The Balaban J connectivity index is 2.63. The minimum absolute atomic E-state index is 0.563. The van der Waals surface area contributed by atoms with Crippen LogP contribution in [0.3, 0.4) is 0 Å². The molecule has 0 aromatic heterocycles. The third-order valence-corrected chi connectivity index (χ3v) is 1.95. The molecule has 0 heterocycles. The molecule has 2 heteroatoms. The van der Waals surface area contributed by atoms with Gasteiger partial charge in [0.15, 0.2) is 0 Å². The largest absolute Gasteiger partial charge is 0.303 e. The predicted molar refractivity (Wildman–Crippen MR) is 50.8 cm³/mol. The summed E-state index contributed by atoms with van der Waals surface area (Å²) in [5.74, 6) is 0. The van der Waals surface area contributed by atoms with Gasteiger partial charge in [-0.1, -0.05) is 24.3 Å². The van der Waals surface area contributed by atoms with E-state index in [4.69, 9.17) is 0 Å². The molecule has 0 aliphatic heterocycles. The van der Waals surface area contributed by atoms with E-state index in [9.17, 15) is 9.59 Å². The Kier molecular flexibility index (Phi) is 3.89. The lowest BCUT2D eigenvalue weighted by Crippen LogP contribution is -1.92. The van der Waals surface area contributed by atoms with Gasteiger partial charge >= 0.3 is 0 Å². The van der Waals surface area contributed by atoms with Gasteiger partial charge in [0.1, 0.15) is 12.6 Å². The van der Waals surface area contributed by atoms with E-state index in [1.54, 1.807) is 6.07 Å². The highest BCUT2D eigenvalue weighted by Crippen LogP contribution is 2.09. The Morgan fingerprint density at radius 1 is 1.15 bits per heavy atom. The second-order valence-corrected chi connectivity index (χ2v) is 2.88. The fraction of sp³-hybridized carbons (Fsp3) is 0.273. The molecule has 1 rings (SSSR count). The maximum atomic E-state index is 10.6. The Hall–Kier alpha value is -1.44. The first kappa shape index (κ1) is 9.65. The first-order valence-corrected chi connectivity index (χ1v) is 4.35. The third kappa shape index (κ3) is 2.82. The average molecular weight is 176 g/mol. The molecule has 2 nitrogen and oxygen atoms in total. The number of carbonyl (C=O) groups is 2. The highest BCUT2D eigenvalue weighted by atomic mass is 16.1. The van der Waals surface area contributed by atoms with Crippen LogP contribution in [0.15, 0.2) is 24.3 Å². The van der Waals surface area contributed by atoms with E-state index in [-0.39, 0.29) is 0 Å². The summed E-state index contributed by atoms with van der Waals surface area (Å²) in [4.78, 5) is 20.7. The Morgan fingerprint density at radius 3 is 2.62 bits per heavy atom. The molecule has 68 valence electrons. The van der Waals surface area contributed by atoms with Crippen molar-refractivity contribution in [1.82, 2.24) is 0 Å². The molecule has 1 aromatic rings. The zero-order chi connectivity index (χ0) is 9.52. The molecule has 0 unspecified atom stereocenters. The Bertz CT molecular complexity index is 292. The van der Waals surface area contributed by atoms with E-state index < -0.39 is 0 Å². The normalized spacial score (nSPS) is 9.54. The molecule has 0 saturated heterocycles. The smallest absolute Gasteiger partial charge is 0.150 e. The molecule has 0 aliphatic carbocycles. The number of hydrogen-bond donors (Lipinski definition) is 0. The molecule has 0 amide bonds. The zero-order valence-corrected chi connectivity index (χ0v) is 7.40. The van der Waals surface area contributed by atoms with Gasteiger partial charge in [0.25, 0.3) is 0 Å². The van der Waals surface area contributed by atoms with Crippen molar-refractivity contribution < 1.29 is 9.59 Å². The van der Waals surface area contributed by atoms with Crippen molar-refractivity contribution in [3.05, 3.63) is 35.4 Å². The number of aldehydes is 2. The van der Waals surface area contributed by atoms with Gasteiger partial charge in [-0.05, 0) is 18.4 Å². The number of benzene rings is 1. The van der Waals surface area contributed by atoms with Gasteiger partial charge in [0, 0.05) is 12.0 Å². The van der Waals surface area contributed by atoms with Gasteiger partial charge in [-0.25, -0.2) is 0 Å². The molecule has 0 saturated carbocycles. The van der Waals surface area contributed by atoms with E-state index in [1.807, 2.05) is 18.2 Å². The lowest BCUT2D eigenvalue weighted by molar-refractivity contribution is -0.107. The zero-order valence-electron chi connectivity index (χ0n) is 7.40. The van der Waals surface area contributed by atoms with E-state index in [2.05, 4.69) is 0 Å². The maximum Gasteiger partial charge on any atom is 0.150 e. The summed E-state index contributed by atoms with van der Waals surface area (Å²) in [5.41, 5.74) is 1.76. The molecular formula is C11H12O2. The summed E-state index contributed by atoms with van der Waals surface area (Å²) in [6, 6.07) is 7.47. The van der Waals surface area contributed by atoms with Gasteiger partial charge in [0.05, 0.1) is 0 Å². The molecule has 0 N–H and O–H groups in total. The number of carbonyl (C=O) groups excluding carboxylic acids is 2. The van der Waals surface area contributed by atoms with Crippen molar-refractivity contribution in [3.8, 4) is 0 Å². The molecule has 0 spiro atoms. The number of unbranched alkanes of at least 4 members (excludes halogenated alkanes) is 1. The van der Waals surface area contributed by atoms with Crippen LogP contribution in [-0.2, 0) is 11.2 Å². The van der Waals surface area contributed by atoms with E-state index >= 15 is 0 Å². The van der Waals surface area contributed by atoms with Crippen LogP contribution in [0.1, 0.15) is 28.8 Å². The predicted octanol–water partition coefficient (Wildman–Crippen LogP) is 2.02. The topological polar surface area (TPSA) is 34.1 Å². The van der Waals surface area contributed by atoms with Crippen molar-refractivity contribution in [2.75, 3.05) is 0 Å². The van der Waals surface area contributed by atoms with Crippen molar-refractivity contribution in [2.45, 2.75) is 19.3 Å². The van der Waals surface area contributed by atoms with Gasteiger partial charge in [-0.3, -0.25) is 4.79 Å². The van der Waals surface area contributed by atoms with Gasteiger partial charge < -0.3 is 4.79 Å². The summed E-state index contributed by atoms with van der Waals surface area (Å²) < 4.78 is 0. The average Bonchev–Trinajstić information content (AvgIpc) is 2.19. The van der Waals surface area contributed by atoms with Crippen LogP contribution < -0.4 is 0 Å². The lowest BCUT2D eigenvalue weighted by Gasteiger charge is -2.01. The summed E-state index contributed by atoms with van der Waals surface area (Å²) in [6.45, 7) is 0. The van der Waals surface area contributed by atoms with Crippen molar-refractivity contribution >= 4 is 12.6 Å². The lowest BCUT2D eigenvalue weighted by atomic mass is 10.0.